The van der Waals surface area contributed by atoms with Crippen LogP contribution < -0.4 is 11.1 Å². The van der Waals surface area contributed by atoms with Gasteiger partial charge in [-0.2, -0.15) is 0 Å². The number of nitrogens with one attached hydrogen (secondary N) is 1. The zero-order chi connectivity index (χ0) is 34.7. The highest BCUT2D eigenvalue weighted by Crippen LogP contribution is 2.43. The van der Waals surface area contributed by atoms with E-state index >= 15 is 0 Å². The van der Waals surface area contributed by atoms with E-state index in [2.05, 4.69) is 36.3 Å². The monoisotopic (exact) mass is 702 g/mol. The number of hydrogen-bond donors (Lipinski definition) is 2. The lowest BCUT2D eigenvalue weighted by Gasteiger charge is -2.39. The summed E-state index contributed by atoms with van der Waals surface area (Å²) < 4.78 is 23.6. The number of carbonyl (C=O) groups is 3. The van der Waals surface area contributed by atoms with Gasteiger partial charge < -0.3 is 34.9 Å². The molecule has 48 heavy (non-hydrogen) atoms. The van der Waals surface area contributed by atoms with Crippen LogP contribution in [-0.4, -0.2) is 95.9 Å². The Morgan fingerprint density at radius 3 is 2.73 bits per heavy atom. The molecule has 11 nitrogen and oxygen atoms in total. The molecule has 264 valence electrons. The standard InChI is InChI=1S/C35H50N4O7S2/c1-23(9-12-27-20-35(22-43-35)21-28(46-27)19-31(36)40)10-13-30-24(2)18-29(26(4)45-30)38-32(41)14-11-25(3)44-34(42)39(5)16-17-47-48-33-8-6-7-15-37-33/h6-12,14-15,24-30H,13,16-22H2,1-5H3,(H2,36,40)(H,38,41). The predicted octanol–water partition coefficient (Wildman–Crippen LogP) is 5.22. The molecule has 4 heterocycles. The third-order valence-corrected chi connectivity index (χ3v) is 11.0. The van der Waals surface area contributed by atoms with E-state index in [4.69, 9.17) is 24.7 Å². The Hall–Kier alpha value is -2.84. The number of hydrogen-bond acceptors (Lipinski definition) is 10. The van der Waals surface area contributed by atoms with Gasteiger partial charge in [-0.15, -0.1) is 0 Å². The summed E-state index contributed by atoms with van der Waals surface area (Å²) in [5.41, 5.74) is 6.33. The minimum absolute atomic E-state index is 0.0319. The van der Waals surface area contributed by atoms with Gasteiger partial charge >= 0.3 is 6.09 Å². The predicted molar refractivity (Wildman–Crippen MR) is 188 cm³/mol. The van der Waals surface area contributed by atoms with E-state index in [9.17, 15) is 14.4 Å². The number of primary amides is 1. The van der Waals surface area contributed by atoms with E-state index in [0.717, 1.165) is 35.6 Å². The number of pyridine rings is 1. The molecular formula is C35H50N4O7S2. The number of ether oxygens (including phenoxy) is 4. The van der Waals surface area contributed by atoms with Gasteiger partial charge in [0, 0.05) is 44.5 Å². The van der Waals surface area contributed by atoms with E-state index in [1.54, 1.807) is 47.8 Å². The van der Waals surface area contributed by atoms with Crippen molar-refractivity contribution in [3.8, 4) is 0 Å². The highest BCUT2D eigenvalue weighted by atomic mass is 33.1. The van der Waals surface area contributed by atoms with Crippen molar-refractivity contribution in [2.45, 2.75) is 107 Å². The molecule has 0 saturated carbocycles. The molecule has 3 aliphatic rings. The Bertz CT molecular complexity index is 1320. The number of aromatic nitrogens is 1. The molecule has 13 heteroatoms. The average Bonchev–Trinajstić information content (AvgIpc) is 3.79. The van der Waals surface area contributed by atoms with Crippen molar-refractivity contribution in [3.05, 3.63) is 60.3 Å². The highest BCUT2D eigenvalue weighted by Gasteiger charge is 2.51. The van der Waals surface area contributed by atoms with Gasteiger partial charge in [-0.3, -0.25) is 9.59 Å². The van der Waals surface area contributed by atoms with Gasteiger partial charge in [-0.05, 0) is 68.5 Å². The summed E-state index contributed by atoms with van der Waals surface area (Å²) in [4.78, 5) is 42.4. The quantitative estimate of drug-likeness (QED) is 0.0821. The lowest BCUT2D eigenvalue weighted by atomic mass is 9.88. The van der Waals surface area contributed by atoms with Gasteiger partial charge in [0.2, 0.25) is 11.8 Å². The molecule has 1 aromatic heterocycles. The summed E-state index contributed by atoms with van der Waals surface area (Å²) in [6.07, 6.45) is 12.8. The molecular weight excluding hydrogens is 653 g/mol. The first-order chi connectivity index (χ1) is 22.9. The fourth-order valence-electron chi connectivity index (χ4n) is 5.85. The Morgan fingerprint density at radius 1 is 1.23 bits per heavy atom. The fourth-order valence-corrected chi connectivity index (χ4v) is 7.77. The molecule has 1 aromatic rings. The summed E-state index contributed by atoms with van der Waals surface area (Å²) in [7, 11) is 4.88. The fraction of sp³-hybridized carbons (Fsp3) is 0.600. The van der Waals surface area contributed by atoms with E-state index in [1.807, 2.05) is 31.2 Å². The first kappa shape index (κ1) is 38.0. The third kappa shape index (κ3) is 12.6. The van der Waals surface area contributed by atoms with Crippen molar-refractivity contribution in [2.24, 2.45) is 11.7 Å². The Morgan fingerprint density at radius 2 is 2.02 bits per heavy atom. The first-order valence-corrected chi connectivity index (χ1v) is 18.9. The van der Waals surface area contributed by atoms with Crippen LogP contribution in [0.15, 0.2) is 65.4 Å². The van der Waals surface area contributed by atoms with Crippen LogP contribution in [0, 0.1) is 5.92 Å². The molecule has 1 spiro atoms. The number of allylic oxidation sites excluding steroid dienone is 2. The van der Waals surface area contributed by atoms with Crippen molar-refractivity contribution in [1.29, 1.82) is 0 Å². The molecule has 0 radical (unpaired) electrons. The Labute approximate surface area is 292 Å². The highest BCUT2D eigenvalue weighted by molar-refractivity contribution is 8.76. The van der Waals surface area contributed by atoms with E-state index in [-0.39, 0.29) is 60.2 Å². The number of nitrogens with two attached hydrogens (primary N) is 1. The molecule has 0 bridgehead atoms. The minimum Gasteiger partial charge on any atom is -0.442 e. The van der Waals surface area contributed by atoms with Gasteiger partial charge in [0.15, 0.2) is 0 Å². The molecule has 3 aliphatic heterocycles. The maximum Gasteiger partial charge on any atom is 0.410 e. The summed E-state index contributed by atoms with van der Waals surface area (Å²) in [6.45, 7) is 9.13. The second-order valence-electron chi connectivity index (χ2n) is 13.0. The van der Waals surface area contributed by atoms with Gasteiger partial charge in [-0.1, -0.05) is 47.6 Å². The number of rotatable bonds is 15. The minimum atomic E-state index is -0.557. The summed E-state index contributed by atoms with van der Waals surface area (Å²) >= 11 is 0. The molecule has 0 aromatic carbocycles. The third-order valence-electron chi connectivity index (χ3n) is 8.72. The largest absolute Gasteiger partial charge is 0.442 e. The maximum atomic E-state index is 12.7. The average molecular weight is 703 g/mol. The Kier molecular flexibility index (Phi) is 14.4. The second-order valence-corrected chi connectivity index (χ2v) is 15.5. The zero-order valence-electron chi connectivity index (χ0n) is 28.5. The summed E-state index contributed by atoms with van der Waals surface area (Å²) in [5, 5.41) is 3.98. The van der Waals surface area contributed by atoms with Crippen molar-refractivity contribution in [1.82, 2.24) is 15.2 Å². The van der Waals surface area contributed by atoms with Crippen molar-refractivity contribution in [2.75, 3.05) is 26.0 Å². The summed E-state index contributed by atoms with van der Waals surface area (Å²) in [5.74, 6) is 0.353. The second kappa shape index (κ2) is 18.2. The van der Waals surface area contributed by atoms with Crippen molar-refractivity contribution < 1.29 is 33.3 Å². The van der Waals surface area contributed by atoms with Crippen LogP contribution in [0.5, 0.6) is 0 Å². The molecule has 8 atom stereocenters. The maximum absolute atomic E-state index is 12.7. The lowest BCUT2D eigenvalue weighted by molar-refractivity contribution is -0.125. The van der Waals surface area contributed by atoms with E-state index < -0.39 is 12.2 Å². The van der Waals surface area contributed by atoms with Gasteiger partial charge in [0.1, 0.15) is 11.1 Å². The SMILES string of the molecule is CC(C=CC1CC2(CO2)CC(CC(N)=O)O1)=CCC1OC(C)C(NC(=O)C=CC(C)OC(=O)N(C)CCSSc2ccccn2)CC1C. The van der Waals surface area contributed by atoms with Crippen molar-refractivity contribution in [3.63, 3.8) is 0 Å². The molecule has 3 fully saturated rings. The normalized spacial score (nSPS) is 29.6. The van der Waals surface area contributed by atoms with E-state index in [0.29, 0.717) is 19.6 Å². The van der Waals surface area contributed by atoms with Crippen LogP contribution in [0.2, 0.25) is 0 Å². The molecule has 0 aliphatic carbocycles. The summed E-state index contributed by atoms with van der Waals surface area (Å²) in [6, 6.07) is 5.63. The van der Waals surface area contributed by atoms with Crippen LogP contribution >= 0.6 is 21.6 Å². The molecule has 3 amide bonds. The number of nitrogens with zero attached hydrogens (tertiary/aromatic N) is 2. The molecule has 3 saturated heterocycles. The van der Waals surface area contributed by atoms with Crippen LogP contribution in [0.1, 0.15) is 59.8 Å². The van der Waals surface area contributed by atoms with Crippen molar-refractivity contribution >= 4 is 39.5 Å². The molecule has 3 N–H and O–H groups in total. The molecule has 4 rings (SSSR count). The van der Waals surface area contributed by atoms with Crippen LogP contribution in [0.4, 0.5) is 4.79 Å². The molecule has 8 unspecified atom stereocenters. The van der Waals surface area contributed by atoms with Gasteiger partial charge in [0.25, 0.3) is 0 Å². The number of amides is 3. The lowest BCUT2D eigenvalue weighted by Crippen LogP contribution is -2.50. The number of epoxide rings is 1. The van der Waals surface area contributed by atoms with Crippen LogP contribution in [0.3, 0.4) is 0 Å². The number of carbonyl (C=O) groups excluding carboxylic acids is 3. The first-order valence-electron chi connectivity index (χ1n) is 16.6. The van der Waals surface area contributed by atoms with Gasteiger partial charge in [0.05, 0.1) is 49.1 Å². The topological polar surface area (TPSA) is 146 Å². The van der Waals surface area contributed by atoms with Gasteiger partial charge in [-0.25, -0.2) is 9.78 Å². The van der Waals surface area contributed by atoms with Crippen LogP contribution in [0.25, 0.3) is 0 Å². The van der Waals surface area contributed by atoms with E-state index in [1.165, 1.54) is 11.0 Å². The van der Waals surface area contributed by atoms with Crippen LogP contribution in [-0.2, 0) is 28.5 Å². The smallest absolute Gasteiger partial charge is 0.410 e. The Balaban J connectivity index is 1.14. The zero-order valence-corrected chi connectivity index (χ0v) is 30.2.